The molecule has 1 aliphatic heterocycles. The maximum absolute atomic E-state index is 5.20. The summed E-state index contributed by atoms with van der Waals surface area (Å²) < 4.78 is 5.20. The van der Waals surface area contributed by atoms with Gasteiger partial charge in [0.25, 0.3) is 0 Å². The number of hydrogen-bond donors (Lipinski definition) is 1. The summed E-state index contributed by atoms with van der Waals surface area (Å²) in [4.78, 5) is 4.21. The molecule has 0 saturated carbocycles. The summed E-state index contributed by atoms with van der Waals surface area (Å²) in [6.07, 6.45) is 8.54. The molecule has 1 N–H and O–H groups in total. The Morgan fingerprint density at radius 3 is 2.88 bits per heavy atom. The van der Waals surface area contributed by atoms with Crippen LogP contribution in [0, 0.1) is 5.41 Å². The monoisotopic (exact) mass is 216 g/mol. The van der Waals surface area contributed by atoms with Crippen LogP contribution in [0.5, 0.6) is 5.75 Å². The van der Waals surface area contributed by atoms with E-state index >= 15 is 0 Å². The molecule has 1 aromatic heterocycles. The van der Waals surface area contributed by atoms with Crippen LogP contribution in [0.3, 0.4) is 0 Å². The van der Waals surface area contributed by atoms with Gasteiger partial charge in [-0.25, -0.2) is 0 Å². The smallest absolute Gasteiger partial charge is 0.137 e. The van der Waals surface area contributed by atoms with Crippen molar-refractivity contribution in [3.63, 3.8) is 0 Å². The molecule has 3 nitrogen and oxygen atoms in total. The molecule has 16 heavy (non-hydrogen) atoms. The van der Waals surface area contributed by atoms with Crippen molar-refractivity contribution in [3.8, 4) is 5.75 Å². The van der Waals surface area contributed by atoms with Gasteiger partial charge in [0.1, 0.15) is 5.75 Å². The van der Waals surface area contributed by atoms with Gasteiger partial charge in [-0.05, 0) is 30.0 Å². The molecule has 1 aliphatic carbocycles. The molecule has 1 spiro atoms. The van der Waals surface area contributed by atoms with E-state index in [4.69, 9.17) is 4.74 Å². The van der Waals surface area contributed by atoms with Gasteiger partial charge in [0.2, 0.25) is 0 Å². The second-order valence-corrected chi connectivity index (χ2v) is 4.75. The standard InChI is InChI=1S/C13H16N2O/c1-16-12-4-11(6-14-7-12)10-2-3-13(5-10)8-15-9-13/h4-7,15H,2-3,8-9H2,1H3. The van der Waals surface area contributed by atoms with E-state index in [1.54, 1.807) is 13.3 Å². The second-order valence-electron chi connectivity index (χ2n) is 4.75. The van der Waals surface area contributed by atoms with E-state index in [1.807, 2.05) is 6.20 Å². The summed E-state index contributed by atoms with van der Waals surface area (Å²) in [5, 5.41) is 3.35. The number of methoxy groups -OCH3 is 1. The van der Waals surface area contributed by atoms with Crippen LogP contribution in [0.15, 0.2) is 24.5 Å². The van der Waals surface area contributed by atoms with Crippen molar-refractivity contribution >= 4 is 5.57 Å². The molecular formula is C13H16N2O. The summed E-state index contributed by atoms with van der Waals surface area (Å²) in [5.41, 5.74) is 3.08. The lowest BCUT2D eigenvalue weighted by Gasteiger charge is -2.37. The van der Waals surface area contributed by atoms with Crippen LogP contribution in [0.2, 0.25) is 0 Å². The maximum atomic E-state index is 5.20. The molecule has 0 atom stereocenters. The van der Waals surface area contributed by atoms with Crippen molar-refractivity contribution < 1.29 is 4.74 Å². The average molecular weight is 216 g/mol. The van der Waals surface area contributed by atoms with Crippen LogP contribution in [0.4, 0.5) is 0 Å². The van der Waals surface area contributed by atoms with Crippen molar-refractivity contribution in [2.24, 2.45) is 5.41 Å². The van der Waals surface area contributed by atoms with Gasteiger partial charge < -0.3 is 10.1 Å². The van der Waals surface area contributed by atoms with E-state index in [0.29, 0.717) is 5.41 Å². The lowest BCUT2D eigenvalue weighted by Crippen LogP contribution is -2.50. The summed E-state index contributed by atoms with van der Waals surface area (Å²) in [6.45, 7) is 2.27. The molecule has 3 heteroatoms. The number of pyridine rings is 1. The third kappa shape index (κ3) is 1.52. The molecule has 0 unspecified atom stereocenters. The first-order valence-electron chi connectivity index (χ1n) is 5.73. The normalized spacial score (nSPS) is 21.7. The maximum Gasteiger partial charge on any atom is 0.137 e. The number of rotatable bonds is 2. The largest absolute Gasteiger partial charge is 0.495 e. The van der Waals surface area contributed by atoms with E-state index in [0.717, 1.165) is 25.3 Å². The Bertz CT molecular complexity index is 435. The molecule has 84 valence electrons. The van der Waals surface area contributed by atoms with Gasteiger partial charge in [-0.1, -0.05) is 6.08 Å². The van der Waals surface area contributed by atoms with E-state index in [9.17, 15) is 0 Å². The minimum absolute atomic E-state index is 0.443. The lowest BCUT2D eigenvalue weighted by atomic mass is 9.82. The van der Waals surface area contributed by atoms with Crippen molar-refractivity contribution in [1.29, 1.82) is 0 Å². The zero-order valence-corrected chi connectivity index (χ0v) is 9.49. The number of aromatic nitrogens is 1. The molecule has 0 aromatic carbocycles. The third-order valence-corrected chi connectivity index (χ3v) is 3.65. The fraction of sp³-hybridized carbons (Fsp3) is 0.462. The molecule has 1 fully saturated rings. The Labute approximate surface area is 95.5 Å². The van der Waals surface area contributed by atoms with E-state index in [-0.39, 0.29) is 0 Å². The third-order valence-electron chi connectivity index (χ3n) is 3.65. The quantitative estimate of drug-likeness (QED) is 0.819. The van der Waals surface area contributed by atoms with Gasteiger partial charge in [0.05, 0.1) is 13.3 Å². The van der Waals surface area contributed by atoms with Crippen molar-refractivity contribution in [1.82, 2.24) is 10.3 Å². The topological polar surface area (TPSA) is 34.1 Å². The van der Waals surface area contributed by atoms with E-state index < -0.39 is 0 Å². The van der Waals surface area contributed by atoms with Gasteiger partial charge in [-0.15, -0.1) is 0 Å². The lowest BCUT2D eigenvalue weighted by molar-refractivity contribution is 0.236. The Kier molecular flexibility index (Phi) is 2.21. The molecule has 0 radical (unpaired) electrons. The SMILES string of the molecule is COc1cncc(C2=CC3(CC2)CNC3)c1. The van der Waals surface area contributed by atoms with Gasteiger partial charge in [-0.3, -0.25) is 4.98 Å². The number of hydrogen-bond acceptors (Lipinski definition) is 3. The summed E-state index contributed by atoms with van der Waals surface area (Å²) >= 11 is 0. The van der Waals surface area contributed by atoms with E-state index in [2.05, 4.69) is 22.4 Å². The van der Waals surface area contributed by atoms with Gasteiger partial charge in [0, 0.05) is 24.7 Å². The Balaban J connectivity index is 1.89. The summed E-state index contributed by atoms with van der Waals surface area (Å²) in [6, 6.07) is 2.07. The highest BCUT2D eigenvalue weighted by atomic mass is 16.5. The fourth-order valence-corrected chi connectivity index (χ4v) is 2.56. The number of allylic oxidation sites excluding steroid dienone is 1. The van der Waals surface area contributed by atoms with Gasteiger partial charge >= 0.3 is 0 Å². The molecule has 2 aliphatic rings. The highest BCUT2D eigenvalue weighted by Crippen LogP contribution is 2.42. The summed E-state index contributed by atoms with van der Waals surface area (Å²) in [5.74, 6) is 0.839. The predicted octanol–water partition coefficient (Wildman–Crippen LogP) is 1.86. The van der Waals surface area contributed by atoms with Crippen LogP contribution >= 0.6 is 0 Å². The molecule has 2 heterocycles. The minimum atomic E-state index is 0.443. The van der Waals surface area contributed by atoms with Crippen LogP contribution in [-0.4, -0.2) is 25.2 Å². The second kappa shape index (κ2) is 3.59. The fourth-order valence-electron chi connectivity index (χ4n) is 2.56. The Hall–Kier alpha value is -1.35. The van der Waals surface area contributed by atoms with Crippen molar-refractivity contribution in [3.05, 3.63) is 30.1 Å². The highest BCUT2D eigenvalue weighted by molar-refractivity contribution is 5.69. The van der Waals surface area contributed by atoms with Crippen LogP contribution in [-0.2, 0) is 0 Å². The van der Waals surface area contributed by atoms with Gasteiger partial charge in [0.15, 0.2) is 0 Å². The Morgan fingerprint density at radius 1 is 1.38 bits per heavy atom. The van der Waals surface area contributed by atoms with Crippen molar-refractivity contribution in [2.75, 3.05) is 20.2 Å². The first-order chi connectivity index (χ1) is 7.81. The predicted molar refractivity (Wildman–Crippen MR) is 63.3 cm³/mol. The highest BCUT2D eigenvalue weighted by Gasteiger charge is 2.38. The number of nitrogens with zero attached hydrogens (tertiary/aromatic N) is 1. The molecule has 3 rings (SSSR count). The van der Waals surface area contributed by atoms with Gasteiger partial charge in [-0.2, -0.15) is 0 Å². The molecular weight excluding hydrogens is 200 g/mol. The number of ether oxygens (including phenoxy) is 1. The zero-order chi connectivity index (χ0) is 11.0. The average Bonchev–Trinajstić information content (AvgIpc) is 2.74. The minimum Gasteiger partial charge on any atom is -0.495 e. The molecule has 1 aromatic rings. The van der Waals surface area contributed by atoms with Crippen LogP contribution < -0.4 is 10.1 Å². The van der Waals surface area contributed by atoms with Crippen LogP contribution in [0.25, 0.3) is 5.57 Å². The molecule has 1 saturated heterocycles. The Morgan fingerprint density at radius 2 is 2.25 bits per heavy atom. The first kappa shape index (κ1) is 9.85. The molecule has 0 bridgehead atoms. The number of nitrogens with one attached hydrogen (secondary N) is 1. The van der Waals surface area contributed by atoms with E-state index in [1.165, 1.54) is 17.6 Å². The zero-order valence-electron chi connectivity index (χ0n) is 9.49. The van der Waals surface area contributed by atoms with Crippen LogP contribution in [0.1, 0.15) is 18.4 Å². The summed E-state index contributed by atoms with van der Waals surface area (Å²) in [7, 11) is 1.68. The van der Waals surface area contributed by atoms with Crippen molar-refractivity contribution in [2.45, 2.75) is 12.8 Å². The molecule has 0 amide bonds. The first-order valence-corrected chi connectivity index (χ1v) is 5.73.